The molecule has 0 atom stereocenters. The molecule has 0 spiro atoms. The van der Waals surface area contributed by atoms with Crippen LogP contribution in [0.3, 0.4) is 0 Å². The largest absolute Gasteiger partial charge is 0.389 e. The zero-order valence-electron chi connectivity index (χ0n) is 9.99. The van der Waals surface area contributed by atoms with E-state index in [4.69, 9.17) is 0 Å². The lowest BCUT2D eigenvalue weighted by molar-refractivity contribution is -0.136. The summed E-state index contributed by atoms with van der Waals surface area (Å²) in [6.45, 7) is 5.53. The molecule has 0 rings (SSSR count). The number of hydrogen-bond acceptors (Lipinski definition) is 1. The summed E-state index contributed by atoms with van der Waals surface area (Å²) < 4.78 is 36.1. The highest BCUT2D eigenvalue weighted by Crippen LogP contribution is 2.22. The lowest BCUT2D eigenvalue weighted by Crippen LogP contribution is -2.37. The standard InChI is InChI=1S/C11H21BrF3N/c1-3-10(4-2)16(9-7-12)8-5-6-11(13,14)15/h10H,3-9H2,1-2H3. The Bertz CT molecular complexity index is 169. The van der Waals surface area contributed by atoms with E-state index in [1.807, 2.05) is 0 Å². The Kier molecular flexibility index (Phi) is 8.46. The minimum atomic E-state index is -4.02. The first kappa shape index (κ1) is 16.2. The van der Waals surface area contributed by atoms with Crippen LogP contribution < -0.4 is 0 Å². The quantitative estimate of drug-likeness (QED) is 0.607. The van der Waals surface area contributed by atoms with Crippen molar-refractivity contribution in [2.45, 2.75) is 51.7 Å². The molecular formula is C11H21BrF3N. The molecule has 0 N–H and O–H groups in total. The van der Waals surface area contributed by atoms with E-state index >= 15 is 0 Å². The van der Waals surface area contributed by atoms with Crippen LogP contribution in [0.4, 0.5) is 13.2 Å². The predicted octanol–water partition coefficient (Wildman–Crippen LogP) is 4.21. The Morgan fingerprint density at radius 3 is 2.06 bits per heavy atom. The SMILES string of the molecule is CCC(CC)N(CCBr)CCCC(F)(F)F. The van der Waals surface area contributed by atoms with Gasteiger partial charge < -0.3 is 0 Å². The van der Waals surface area contributed by atoms with Gasteiger partial charge in [0.15, 0.2) is 0 Å². The molecule has 0 heterocycles. The van der Waals surface area contributed by atoms with E-state index in [0.717, 1.165) is 24.7 Å². The number of rotatable bonds is 8. The normalized spacial score (nSPS) is 12.8. The molecule has 0 aliphatic rings. The summed E-state index contributed by atoms with van der Waals surface area (Å²) in [4.78, 5) is 2.15. The maximum atomic E-state index is 12.0. The number of hydrogen-bond donors (Lipinski definition) is 0. The van der Waals surface area contributed by atoms with Crippen LogP contribution in [0.2, 0.25) is 0 Å². The Labute approximate surface area is 105 Å². The molecule has 0 radical (unpaired) electrons. The topological polar surface area (TPSA) is 3.24 Å². The molecule has 0 aromatic heterocycles. The minimum absolute atomic E-state index is 0.201. The Morgan fingerprint density at radius 1 is 1.12 bits per heavy atom. The average molecular weight is 304 g/mol. The highest BCUT2D eigenvalue weighted by Gasteiger charge is 2.27. The average Bonchev–Trinajstić information content (AvgIpc) is 2.17. The molecule has 0 amide bonds. The van der Waals surface area contributed by atoms with Crippen LogP contribution in [0, 0.1) is 0 Å². The third-order valence-corrected chi connectivity index (χ3v) is 3.09. The van der Waals surface area contributed by atoms with Crippen molar-refractivity contribution >= 4 is 15.9 Å². The van der Waals surface area contributed by atoms with Gasteiger partial charge in [0.1, 0.15) is 0 Å². The summed E-state index contributed by atoms with van der Waals surface area (Å²) in [5.41, 5.74) is 0. The van der Waals surface area contributed by atoms with Crippen LogP contribution in [-0.4, -0.2) is 35.5 Å². The Morgan fingerprint density at radius 2 is 1.69 bits per heavy atom. The second-order valence-corrected chi connectivity index (χ2v) is 4.71. The van der Waals surface area contributed by atoms with Gasteiger partial charge in [-0.3, -0.25) is 4.90 Å². The van der Waals surface area contributed by atoms with E-state index in [-0.39, 0.29) is 6.42 Å². The highest BCUT2D eigenvalue weighted by atomic mass is 79.9. The molecule has 0 bridgehead atoms. The van der Waals surface area contributed by atoms with E-state index in [2.05, 4.69) is 34.7 Å². The molecule has 98 valence electrons. The number of halogens is 4. The summed E-state index contributed by atoms with van der Waals surface area (Å²) in [6.07, 6.45) is -2.50. The maximum Gasteiger partial charge on any atom is 0.389 e. The lowest BCUT2D eigenvalue weighted by Gasteiger charge is -2.29. The first-order valence-corrected chi connectivity index (χ1v) is 6.93. The van der Waals surface area contributed by atoms with Gasteiger partial charge in [-0.25, -0.2) is 0 Å². The fourth-order valence-electron chi connectivity index (χ4n) is 1.87. The van der Waals surface area contributed by atoms with E-state index in [0.29, 0.717) is 12.6 Å². The van der Waals surface area contributed by atoms with Gasteiger partial charge in [0.05, 0.1) is 0 Å². The zero-order chi connectivity index (χ0) is 12.6. The van der Waals surface area contributed by atoms with Crippen LogP contribution in [-0.2, 0) is 0 Å². The van der Waals surface area contributed by atoms with Gasteiger partial charge in [-0.2, -0.15) is 13.2 Å². The molecule has 0 saturated heterocycles. The van der Waals surface area contributed by atoms with Gasteiger partial charge in [0, 0.05) is 24.3 Å². The second kappa shape index (κ2) is 8.34. The summed E-state index contributed by atoms with van der Waals surface area (Å²) in [5.74, 6) is 0. The fraction of sp³-hybridized carbons (Fsp3) is 1.00. The van der Waals surface area contributed by atoms with Crippen molar-refractivity contribution in [3.8, 4) is 0 Å². The number of nitrogens with zero attached hydrogens (tertiary/aromatic N) is 1. The summed E-state index contributed by atoms with van der Waals surface area (Å²) in [6, 6.07) is 0.408. The van der Waals surface area contributed by atoms with Crippen molar-refractivity contribution < 1.29 is 13.2 Å². The molecule has 5 heteroatoms. The van der Waals surface area contributed by atoms with Crippen LogP contribution in [0.15, 0.2) is 0 Å². The van der Waals surface area contributed by atoms with Crippen LogP contribution in [0.1, 0.15) is 39.5 Å². The van der Waals surface area contributed by atoms with E-state index in [9.17, 15) is 13.2 Å². The van der Waals surface area contributed by atoms with Crippen molar-refractivity contribution in [3.05, 3.63) is 0 Å². The molecule has 16 heavy (non-hydrogen) atoms. The van der Waals surface area contributed by atoms with Gasteiger partial charge in [0.2, 0.25) is 0 Å². The van der Waals surface area contributed by atoms with Crippen molar-refractivity contribution in [2.75, 3.05) is 18.4 Å². The third kappa shape index (κ3) is 7.49. The molecule has 0 aromatic rings. The molecule has 0 aromatic carbocycles. The lowest BCUT2D eigenvalue weighted by atomic mass is 10.1. The Hall–Kier alpha value is 0.230. The van der Waals surface area contributed by atoms with Gasteiger partial charge in [-0.1, -0.05) is 29.8 Å². The smallest absolute Gasteiger partial charge is 0.300 e. The molecule has 0 unspecified atom stereocenters. The minimum Gasteiger partial charge on any atom is -0.300 e. The van der Waals surface area contributed by atoms with E-state index in [1.54, 1.807) is 0 Å². The molecular weight excluding hydrogens is 283 g/mol. The first-order valence-electron chi connectivity index (χ1n) is 5.81. The second-order valence-electron chi connectivity index (χ2n) is 3.91. The number of alkyl halides is 4. The Balaban J connectivity index is 4.02. The third-order valence-electron chi connectivity index (χ3n) is 2.74. The van der Waals surface area contributed by atoms with Crippen molar-refractivity contribution in [1.29, 1.82) is 0 Å². The van der Waals surface area contributed by atoms with Crippen molar-refractivity contribution in [3.63, 3.8) is 0 Å². The van der Waals surface area contributed by atoms with Gasteiger partial charge in [-0.15, -0.1) is 0 Å². The summed E-state index contributed by atoms with van der Waals surface area (Å²) >= 11 is 3.34. The van der Waals surface area contributed by atoms with Gasteiger partial charge in [-0.05, 0) is 25.8 Å². The molecule has 0 aliphatic heterocycles. The van der Waals surface area contributed by atoms with Crippen LogP contribution in [0.25, 0.3) is 0 Å². The molecule has 0 fully saturated rings. The summed E-state index contributed by atoms with van der Waals surface area (Å²) in [5, 5.41) is 0.815. The maximum absolute atomic E-state index is 12.0. The summed E-state index contributed by atoms with van der Waals surface area (Å²) in [7, 11) is 0. The van der Waals surface area contributed by atoms with Gasteiger partial charge >= 0.3 is 6.18 Å². The first-order chi connectivity index (χ1) is 7.44. The highest BCUT2D eigenvalue weighted by molar-refractivity contribution is 9.09. The molecule has 1 nitrogen and oxygen atoms in total. The monoisotopic (exact) mass is 303 g/mol. The van der Waals surface area contributed by atoms with Gasteiger partial charge in [0.25, 0.3) is 0 Å². The van der Waals surface area contributed by atoms with Crippen LogP contribution >= 0.6 is 15.9 Å². The van der Waals surface area contributed by atoms with Crippen molar-refractivity contribution in [1.82, 2.24) is 4.90 Å². The van der Waals surface area contributed by atoms with E-state index < -0.39 is 12.6 Å². The van der Waals surface area contributed by atoms with Crippen molar-refractivity contribution in [2.24, 2.45) is 0 Å². The zero-order valence-corrected chi connectivity index (χ0v) is 11.6. The predicted molar refractivity (Wildman–Crippen MR) is 65.0 cm³/mol. The van der Waals surface area contributed by atoms with E-state index in [1.165, 1.54) is 0 Å². The van der Waals surface area contributed by atoms with Crippen LogP contribution in [0.5, 0.6) is 0 Å². The fourth-order valence-corrected chi connectivity index (χ4v) is 2.33. The molecule has 0 saturated carbocycles. The molecule has 0 aliphatic carbocycles.